The van der Waals surface area contributed by atoms with Crippen molar-refractivity contribution in [1.29, 1.82) is 0 Å². The molecule has 2 rings (SSSR count). The molecule has 0 heterocycles. The second-order valence-corrected chi connectivity index (χ2v) is 6.80. The summed E-state index contributed by atoms with van der Waals surface area (Å²) in [5.41, 5.74) is 1.80. The van der Waals surface area contributed by atoms with Crippen molar-refractivity contribution in [2.75, 3.05) is 5.32 Å². The van der Waals surface area contributed by atoms with Crippen LogP contribution in [0.15, 0.2) is 42.5 Å². The Bertz CT molecular complexity index is 808. The fraction of sp³-hybridized carbons (Fsp3) is 0.300. The number of anilines is 1. The van der Waals surface area contributed by atoms with E-state index in [4.69, 9.17) is 32.7 Å². The Morgan fingerprint density at radius 1 is 1.04 bits per heavy atom. The fourth-order valence-electron chi connectivity index (χ4n) is 2.20. The van der Waals surface area contributed by atoms with Crippen LogP contribution in [0.2, 0.25) is 10.0 Å². The van der Waals surface area contributed by atoms with Gasteiger partial charge in [0, 0.05) is 10.7 Å². The van der Waals surface area contributed by atoms with E-state index in [0.717, 1.165) is 6.42 Å². The average Bonchev–Trinajstić information content (AvgIpc) is 2.64. The van der Waals surface area contributed by atoms with Gasteiger partial charge in [-0.2, -0.15) is 0 Å². The summed E-state index contributed by atoms with van der Waals surface area (Å²) in [5.74, 6) is -0.798. The smallest absolute Gasteiger partial charge is 0.347 e. The van der Waals surface area contributed by atoms with Crippen LogP contribution in [0.3, 0.4) is 0 Å². The number of aryl methyl sites for hydroxylation is 1. The number of rotatable bonds is 7. The highest BCUT2D eigenvalue weighted by Gasteiger charge is 2.24. The lowest BCUT2D eigenvalue weighted by Gasteiger charge is -2.18. The first-order valence-corrected chi connectivity index (χ1v) is 9.27. The van der Waals surface area contributed by atoms with E-state index in [0.29, 0.717) is 16.5 Å². The summed E-state index contributed by atoms with van der Waals surface area (Å²) in [4.78, 5) is 24.4. The first-order chi connectivity index (χ1) is 12.8. The summed E-state index contributed by atoms with van der Waals surface area (Å²) in [6.07, 6.45) is -1.00. The van der Waals surface area contributed by atoms with E-state index in [1.54, 1.807) is 24.3 Å². The summed E-state index contributed by atoms with van der Waals surface area (Å²) < 4.78 is 10.7. The third-order valence-corrected chi connectivity index (χ3v) is 4.35. The number of carbonyl (C=O) groups excluding carboxylic acids is 2. The molecule has 2 aromatic carbocycles. The van der Waals surface area contributed by atoms with Gasteiger partial charge in [0.1, 0.15) is 5.75 Å². The molecule has 0 radical (unpaired) electrons. The summed E-state index contributed by atoms with van der Waals surface area (Å²) in [6, 6.07) is 12.1. The van der Waals surface area contributed by atoms with Crippen LogP contribution in [-0.2, 0) is 20.7 Å². The first kappa shape index (κ1) is 21.1. The van der Waals surface area contributed by atoms with Crippen molar-refractivity contribution in [3.8, 4) is 5.75 Å². The summed E-state index contributed by atoms with van der Waals surface area (Å²) in [5, 5.41) is 3.45. The van der Waals surface area contributed by atoms with Crippen molar-refractivity contribution in [3.63, 3.8) is 0 Å². The van der Waals surface area contributed by atoms with Gasteiger partial charge in [-0.3, -0.25) is 4.79 Å². The molecular weight excluding hydrogens is 389 g/mol. The zero-order chi connectivity index (χ0) is 20.0. The predicted octanol–water partition coefficient (Wildman–Crippen LogP) is 4.89. The van der Waals surface area contributed by atoms with Gasteiger partial charge >= 0.3 is 5.97 Å². The number of halogens is 2. The maximum Gasteiger partial charge on any atom is 0.347 e. The summed E-state index contributed by atoms with van der Waals surface area (Å²) in [7, 11) is 0. The standard InChI is InChI=1S/C20H21Cl2NO4/c1-4-14-5-8-16(9-6-14)23-19(24)12(2)27-20(25)13(3)26-18-10-7-15(21)11-17(18)22/h5-13H,4H2,1-3H3,(H,23,24)/t12-,13-/m0/s1. The maximum absolute atomic E-state index is 12.2. The van der Waals surface area contributed by atoms with Crippen molar-refractivity contribution in [2.24, 2.45) is 0 Å². The summed E-state index contributed by atoms with van der Waals surface area (Å²) >= 11 is 11.8. The molecule has 0 aliphatic rings. The summed E-state index contributed by atoms with van der Waals surface area (Å²) in [6.45, 7) is 5.06. The highest BCUT2D eigenvalue weighted by molar-refractivity contribution is 6.35. The molecular formula is C20H21Cl2NO4. The Morgan fingerprint density at radius 3 is 2.30 bits per heavy atom. The number of carbonyl (C=O) groups is 2. The molecule has 7 heteroatoms. The molecule has 1 amide bonds. The molecule has 0 aliphatic carbocycles. The van der Waals surface area contributed by atoms with E-state index in [2.05, 4.69) is 12.2 Å². The van der Waals surface area contributed by atoms with Crippen molar-refractivity contribution in [1.82, 2.24) is 0 Å². The van der Waals surface area contributed by atoms with Gasteiger partial charge in [0.05, 0.1) is 5.02 Å². The lowest BCUT2D eigenvalue weighted by Crippen LogP contribution is -2.35. The van der Waals surface area contributed by atoms with E-state index in [9.17, 15) is 9.59 Å². The molecule has 2 aromatic rings. The van der Waals surface area contributed by atoms with Crippen molar-refractivity contribution < 1.29 is 19.1 Å². The Morgan fingerprint density at radius 2 is 1.70 bits per heavy atom. The van der Waals surface area contributed by atoms with Gasteiger partial charge in [-0.05, 0) is 56.2 Å². The minimum atomic E-state index is -0.977. The largest absolute Gasteiger partial charge is 0.477 e. The van der Waals surface area contributed by atoms with E-state index >= 15 is 0 Å². The second-order valence-electron chi connectivity index (χ2n) is 5.95. The molecule has 0 saturated heterocycles. The van der Waals surface area contributed by atoms with Gasteiger partial charge < -0.3 is 14.8 Å². The molecule has 5 nitrogen and oxygen atoms in total. The molecule has 0 saturated carbocycles. The minimum Gasteiger partial charge on any atom is -0.477 e. The fourth-order valence-corrected chi connectivity index (χ4v) is 2.65. The van der Waals surface area contributed by atoms with Crippen LogP contribution in [0.5, 0.6) is 5.75 Å². The molecule has 2 atom stereocenters. The Labute approximate surface area is 168 Å². The van der Waals surface area contributed by atoms with Crippen LogP contribution in [0.1, 0.15) is 26.3 Å². The number of ether oxygens (including phenoxy) is 2. The molecule has 0 aliphatic heterocycles. The lowest BCUT2D eigenvalue weighted by molar-refractivity contribution is -0.159. The van der Waals surface area contributed by atoms with E-state index in [1.807, 2.05) is 12.1 Å². The number of amides is 1. The number of nitrogens with one attached hydrogen (secondary N) is 1. The van der Waals surface area contributed by atoms with E-state index in [1.165, 1.54) is 25.5 Å². The SMILES string of the molecule is CCc1ccc(NC(=O)[C@H](C)OC(=O)[C@H](C)Oc2ccc(Cl)cc2Cl)cc1. The van der Waals surface area contributed by atoms with Gasteiger partial charge in [-0.25, -0.2) is 4.79 Å². The zero-order valence-electron chi connectivity index (χ0n) is 15.3. The Balaban J connectivity index is 1.89. The second kappa shape index (κ2) is 9.62. The molecule has 27 heavy (non-hydrogen) atoms. The topological polar surface area (TPSA) is 64.6 Å². The van der Waals surface area contributed by atoms with Crippen LogP contribution < -0.4 is 10.1 Å². The number of benzene rings is 2. The molecule has 144 valence electrons. The number of hydrogen-bond donors (Lipinski definition) is 1. The van der Waals surface area contributed by atoms with Crippen LogP contribution in [0.25, 0.3) is 0 Å². The van der Waals surface area contributed by atoms with Gasteiger partial charge in [0.25, 0.3) is 5.91 Å². The normalized spacial score (nSPS) is 12.8. The van der Waals surface area contributed by atoms with E-state index in [-0.39, 0.29) is 5.02 Å². The Kier molecular flexibility index (Phi) is 7.51. The third kappa shape index (κ3) is 6.15. The van der Waals surface area contributed by atoms with Crippen molar-refractivity contribution in [3.05, 3.63) is 58.1 Å². The van der Waals surface area contributed by atoms with Crippen LogP contribution in [-0.4, -0.2) is 24.1 Å². The average molecular weight is 410 g/mol. The van der Waals surface area contributed by atoms with E-state index < -0.39 is 24.1 Å². The molecule has 0 fully saturated rings. The molecule has 0 bridgehead atoms. The minimum absolute atomic E-state index is 0.281. The van der Waals surface area contributed by atoms with Gasteiger partial charge in [0.15, 0.2) is 12.2 Å². The van der Waals surface area contributed by atoms with Gasteiger partial charge in [-0.15, -0.1) is 0 Å². The first-order valence-electron chi connectivity index (χ1n) is 8.52. The molecule has 0 aromatic heterocycles. The molecule has 1 N–H and O–H groups in total. The predicted molar refractivity (Wildman–Crippen MR) is 107 cm³/mol. The van der Waals surface area contributed by atoms with Crippen LogP contribution in [0.4, 0.5) is 5.69 Å². The highest BCUT2D eigenvalue weighted by atomic mass is 35.5. The molecule has 0 spiro atoms. The quantitative estimate of drug-likeness (QED) is 0.660. The zero-order valence-corrected chi connectivity index (χ0v) is 16.8. The van der Waals surface area contributed by atoms with Gasteiger partial charge in [-0.1, -0.05) is 42.3 Å². The van der Waals surface area contributed by atoms with Crippen molar-refractivity contribution in [2.45, 2.75) is 39.4 Å². The molecule has 0 unspecified atom stereocenters. The lowest BCUT2D eigenvalue weighted by atomic mass is 10.1. The monoisotopic (exact) mass is 409 g/mol. The van der Waals surface area contributed by atoms with Crippen LogP contribution in [0, 0.1) is 0 Å². The van der Waals surface area contributed by atoms with Crippen LogP contribution >= 0.6 is 23.2 Å². The Hall–Kier alpha value is -2.24. The maximum atomic E-state index is 12.2. The third-order valence-electron chi connectivity index (χ3n) is 3.82. The highest BCUT2D eigenvalue weighted by Crippen LogP contribution is 2.28. The number of hydrogen-bond acceptors (Lipinski definition) is 4. The van der Waals surface area contributed by atoms with Gasteiger partial charge in [0.2, 0.25) is 0 Å². The number of esters is 1. The van der Waals surface area contributed by atoms with Crippen molar-refractivity contribution >= 4 is 40.8 Å².